The van der Waals surface area contributed by atoms with Crippen LogP contribution in [0.2, 0.25) is 0 Å². The maximum atomic E-state index is 12.6. The number of ether oxygens (including phenoxy) is 1. The topological polar surface area (TPSA) is 76.5 Å². The van der Waals surface area contributed by atoms with E-state index < -0.39 is 18.4 Å². The van der Waals surface area contributed by atoms with Gasteiger partial charge in [0.15, 0.2) is 0 Å². The molecule has 0 aliphatic carbocycles. The number of para-hydroxylation sites is 2. The molecule has 0 saturated carbocycles. The molecule has 1 aromatic heterocycles. The Hall–Kier alpha value is -3.61. The fraction of sp³-hybridized carbons (Fsp3) is 0.0500. The minimum Gasteiger partial charge on any atom is -0.475 e. The summed E-state index contributed by atoms with van der Waals surface area (Å²) in [4.78, 5) is 27.8. The Kier molecular flexibility index (Phi) is 5.21. The molecule has 0 fully saturated rings. The average Bonchev–Trinajstić information content (AvgIpc) is 2.66. The number of aromatic nitrogens is 1. The summed E-state index contributed by atoms with van der Waals surface area (Å²) in [6.45, 7) is -3.06. The van der Waals surface area contributed by atoms with Crippen LogP contribution < -0.4 is 4.74 Å². The Morgan fingerprint density at radius 1 is 1.00 bits per heavy atom. The molecular formula is C20H13F2NO4. The van der Waals surface area contributed by atoms with Crippen LogP contribution in [-0.4, -0.2) is 28.5 Å². The van der Waals surface area contributed by atoms with Gasteiger partial charge in [-0.3, -0.25) is 4.79 Å². The predicted octanol–water partition coefficient (Wildman–Crippen LogP) is 4.03. The van der Waals surface area contributed by atoms with Crippen molar-refractivity contribution >= 4 is 34.3 Å². The van der Waals surface area contributed by atoms with Gasteiger partial charge in [0.1, 0.15) is 5.75 Å². The van der Waals surface area contributed by atoms with E-state index in [2.05, 4.69) is 9.72 Å². The normalized spacial score (nSPS) is 11.6. The van der Waals surface area contributed by atoms with Crippen molar-refractivity contribution in [1.29, 1.82) is 0 Å². The van der Waals surface area contributed by atoms with Gasteiger partial charge < -0.3 is 9.84 Å². The number of fused-ring (bicyclic) bond motifs is 1. The number of hydrogen-bond acceptors (Lipinski definition) is 4. The molecule has 3 aromatic rings. The van der Waals surface area contributed by atoms with Crippen LogP contribution in [0.1, 0.15) is 11.3 Å². The van der Waals surface area contributed by atoms with Crippen molar-refractivity contribution in [3.8, 4) is 5.75 Å². The van der Waals surface area contributed by atoms with E-state index in [9.17, 15) is 18.4 Å². The van der Waals surface area contributed by atoms with Gasteiger partial charge in [-0.05, 0) is 24.3 Å². The zero-order valence-electron chi connectivity index (χ0n) is 13.8. The molecule has 2 aromatic carbocycles. The first kappa shape index (κ1) is 18.2. The van der Waals surface area contributed by atoms with Crippen LogP contribution in [-0.2, 0) is 9.59 Å². The number of Topliss-reactive ketones (excluding diaryl/α,β-unsaturated/α-hetero) is 1. The van der Waals surface area contributed by atoms with E-state index in [1.54, 1.807) is 24.3 Å². The van der Waals surface area contributed by atoms with Crippen LogP contribution in [0.5, 0.6) is 5.75 Å². The summed E-state index contributed by atoms with van der Waals surface area (Å²) in [5.41, 5.74) is 0.583. The van der Waals surface area contributed by atoms with Gasteiger partial charge in [0.2, 0.25) is 0 Å². The molecule has 136 valence electrons. The summed E-state index contributed by atoms with van der Waals surface area (Å²) < 4.78 is 29.6. The predicted molar refractivity (Wildman–Crippen MR) is 95.3 cm³/mol. The summed E-state index contributed by atoms with van der Waals surface area (Å²) in [6, 6.07) is 16.1. The van der Waals surface area contributed by atoms with Gasteiger partial charge in [-0.2, -0.15) is 8.78 Å². The van der Waals surface area contributed by atoms with E-state index in [0.717, 1.165) is 5.39 Å². The minimum atomic E-state index is -3.06. The summed E-state index contributed by atoms with van der Waals surface area (Å²) in [5.74, 6) is -3.06. The first-order chi connectivity index (χ1) is 13.0. The van der Waals surface area contributed by atoms with Crippen molar-refractivity contribution in [3.63, 3.8) is 0 Å². The third-order valence-electron chi connectivity index (χ3n) is 3.75. The number of benzene rings is 2. The van der Waals surface area contributed by atoms with Crippen molar-refractivity contribution in [2.45, 2.75) is 6.61 Å². The Balaban J connectivity index is 2.15. The SMILES string of the molecule is O=C(O)C(=O)/C(=C/c1ccccc1OC(F)F)c1ccc2ccccc2n1. The molecule has 0 aliphatic rings. The van der Waals surface area contributed by atoms with Crippen LogP contribution >= 0.6 is 0 Å². The minimum absolute atomic E-state index is 0.118. The fourth-order valence-electron chi connectivity index (χ4n) is 2.55. The number of carboxylic acid groups (broad SMARTS) is 1. The molecule has 0 unspecified atom stereocenters. The zero-order valence-corrected chi connectivity index (χ0v) is 13.8. The number of ketones is 1. The van der Waals surface area contributed by atoms with Crippen LogP contribution in [0.25, 0.3) is 22.6 Å². The lowest BCUT2D eigenvalue weighted by Gasteiger charge is -2.10. The molecule has 1 N–H and O–H groups in total. The highest BCUT2D eigenvalue weighted by atomic mass is 19.3. The average molecular weight is 369 g/mol. The van der Waals surface area contributed by atoms with E-state index in [-0.39, 0.29) is 22.6 Å². The highest BCUT2D eigenvalue weighted by molar-refractivity contribution is 6.52. The van der Waals surface area contributed by atoms with E-state index in [1.807, 2.05) is 12.1 Å². The number of pyridine rings is 1. The van der Waals surface area contributed by atoms with Crippen LogP contribution in [0.4, 0.5) is 8.78 Å². The van der Waals surface area contributed by atoms with Gasteiger partial charge >= 0.3 is 12.6 Å². The Morgan fingerprint density at radius 3 is 2.44 bits per heavy atom. The van der Waals surface area contributed by atoms with Crippen molar-refractivity contribution < 1.29 is 28.2 Å². The maximum absolute atomic E-state index is 12.6. The molecule has 0 saturated heterocycles. The largest absolute Gasteiger partial charge is 0.475 e. The smallest absolute Gasteiger partial charge is 0.387 e. The molecule has 7 heteroatoms. The van der Waals surface area contributed by atoms with Gasteiger partial charge in [-0.1, -0.05) is 42.5 Å². The van der Waals surface area contributed by atoms with Gasteiger partial charge in [-0.15, -0.1) is 0 Å². The number of carboxylic acids is 1. The van der Waals surface area contributed by atoms with E-state index in [1.165, 1.54) is 30.3 Å². The summed E-state index contributed by atoms with van der Waals surface area (Å²) in [5, 5.41) is 9.96. The molecular weight excluding hydrogens is 356 g/mol. The Labute approximate surface area is 152 Å². The second kappa shape index (κ2) is 7.74. The Morgan fingerprint density at radius 2 is 1.70 bits per heavy atom. The summed E-state index contributed by atoms with van der Waals surface area (Å²) >= 11 is 0. The molecule has 0 amide bonds. The molecule has 1 heterocycles. The highest BCUT2D eigenvalue weighted by Gasteiger charge is 2.22. The maximum Gasteiger partial charge on any atom is 0.387 e. The van der Waals surface area contributed by atoms with E-state index >= 15 is 0 Å². The molecule has 0 atom stereocenters. The molecule has 0 radical (unpaired) electrons. The monoisotopic (exact) mass is 369 g/mol. The van der Waals surface area contributed by atoms with Crippen molar-refractivity contribution in [1.82, 2.24) is 4.98 Å². The number of rotatable bonds is 6. The van der Waals surface area contributed by atoms with Gasteiger partial charge in [0.25, 0.3) is 5.78 Å². The Bertz CT molecular complexity index is 1050. The lowest BCUT2D eigenvalue weighted by Crippen LogP contribution is -2.15. The van der Waals surface area contributed by atoms with Crippen LogP contribution in [0.3, 0.4) is 0 Å². The zero-order chi connectivity index (χ0) is 19.4. The number of nitrogens with zero attached hydrogens (tertiary/aromatic N) is 1. The van der Waals surface area contributed by atoms with Gasteiger partial charge in [0.05, 0.1) is 16.8 Å². The third kappa shape index (κ3) is 4.14. The number of hydrogen-bond donors (Lipinski definition) is 1. The highest BCUT2D eigenvalue weighted by Crippen LogP contribution is 2.27. The second-order valence-corrected chi connectivity index (χ2v) is 5.50. The number of halogens is 2. The van der Waals surface area contributed by atoms with E-state index in [0.29, 0.717) is 5.52 Å². The summed E-state index contributed by atoms with van der Waals surface area (Å²) in [7, 11) is 0. The second-order valence-electron chi connectivity index (χ2n) is 5.50. The standard InChI is InChI=1S/C20H13F2NO4/c21-20(22)27-17-8-4-2-6-13(17)11-14(18(24)19(25)26)16-10-9-12-5-1-3-7-15(12)23-16/h1-11,20H,(H,25,26)/b14-11+. The number of alkyl halides is 2. The number of carbonyl (C=O) groups excluding carboxylic acids is 1. The number of aliphatic carboxylic acids is 1. The molecule has 3 rings (SSSR count). The van der Waals surface area contributed by atoms with E-state index in [4.69, 9.17) is 5.11 Å². The lowest BCUT2D eigenvalue weighted by molar-refractivity contribution is -0.146. The number of carbonyl (C=O) groups is 2. The van der Waals surface area contributed by atoms with Crippen LogP contribution in [0.15, 0.2) is 60.7 Å². The lowest BCUT2D eigenvalue weighted by atomic mass is 10.0. The first-order valence-electron chi connectivity index (χ1n) is 7.85. The van der Waals surface area contributed by atoms with Crippen molar-refractivity contribution in [3.05, 3.63) is 71.9 Å². The van der Waals surface area contributed by atoms with Gasteiger partial charge in [0, 0.05) is 10.9 Å². The first-order valence-corrected chi connectivity index (χ1v) is 7.85. The van der Waals surface area contributed by atoms with Crippen molar-refractivity contribution in [2.75, 3.05) is 0 Å². The molecule has 5 nitrogen and oxygen atoms in total. The van der Waals surface area contributed by atoms with Crippen LogP contribution in [0, 0.1) is 0 Å². The summed E-state index contributed by atoms with van der Waals surface area (Å²) in [6.07, 6.45) is 1.19. The molecule has 0 bridgehead atoms. The molecule has 0 aliphatic heterocycles. The fourth-order valence-corrected chi connectivity index (χ4v) is 2.55. The molecule has 0 spiro atoms. The van der Waals surface area contributed by atoms with Gasteiger partial charge in [-0.25, -0.2) is 9.78 Å². The molecule has 27 heavy (non-hydrogen) atoms. The quantitative estimate of drug-likeness (QED) is 0.524. The third-order valence-corrected chi connectivity index (χ3v) is 3.75. The van der Waals surface area contributed by atoms with Crippen molar-refractivity contribution in [2.24, 2.45) is 0 Å².